The monoisotopic (exact) mass is 189 g/mol. The summed E-state index contributed by atoms with van der Waals surface area (Å²) in [6, 6.07) is 7.72. The quantitative estimate of drug-likeness (QED) is 0.675. The van der Waals surface area contributed by atoms with Crippen LogP contribution in [-0.2, 0) is 11.3 Å². The van der Waals surface area contributed by atoms with Crippen molar-refractivity contribution in [1.29, 1.82) is 0 Å². The lowest BCUT2D eigenvalue weighted by atomic mass is 10.2. The van der Waals surface area contributed by atoms with Crippen LogP contribution in [-0.4, -0.2) is 27.8 Å². The van der Waals surface area contributed by atoms with Crippen LogP contribution in [0.3, 0.4) is 0 Å². The number of nitrogens with zero attached hydrogens (tertiary/aromatic N) is 1. The van der Waals surface area contributed by atoms with Crippen molar-refractivity contribution in [2.45, 2.75) is 6.61 Å². The highest BCUT2D eigenvalue weighted by molar-refractivity contribution is 6.55. The first-order chi connectivity index (χ1) is 6.59. The van der Waals surface area contributed by atoms with Gasteiger partial charge in [-0.3, -0.25) is 4.79 Å². The second-order valence-electron chi connectivity index (χ2n) is 3.17. The summed E-state index contributed by atoms with van der Waals surface area (Å²) < 4.78 is 4.65. The Bertz CT molecular complexity index is 308. The molecule has 2 radical (unpaired) electrons. The average molecular weight is 189 g/mol. The van der Waals surface area contributed by atoms with Gasteiger partial charge in [-0.2, -0.15) is 0 Å². The molecule has 0 atom stereocenters. The van der Waals surface area contributed by atoms with Crippen molar-refractivity contribution in [2.75, 3.05) is 19.0 Å². The highest BCUT2D eigenvalue weighted by atomic mass is 16.5. The zero-order valence-corrected chi connectivity index (χ0v) is 8.36. The summed E-state index contributed by atoms with van der Waals surface area (Å²) in [4.78, 5) is 12.3. The summed E-state index contributed by atoms with van der Waals surface area (Å²) in [5, 5.41) is 0. The number of anilines is 1. The van der Waals surface area contributed by atoms with Crippen LogP contribution in [0.4, 0.5) is 10.5 Å². The Labute approximate surface area is 85.1 Å². The highest BCUT2D eigenvalue weighted by Crippen LogP contribution is 2.12. The number of benzene rings is 1. The minimum atomic E-state index is -0.748. The molecule has 0 aliphatic heterocycles. The molecule has 0 spiro atoms. The number of hydrogen-bond acceptors (Lipinski definition) is 3. The van der Waals surface area contributed by atoms with Crippen molar-refractivity contribution < 1.29 is 9.53 Å². The molecule has 1 aromatic rings. The van der Waals surface area contributed by atoms with Crippen LogP contribution >= 0.6 is 0 Å². The molecule has 4 heteroatoms. The minimum Gasteiger partial charge on any atom is -0.470 e. The predicted molar refractivity (Wildman–Crippen MR) is 56.7 cm³/mol. The van der Waals surface area contributed by atoms with E-state index in [1.807, 2.05) is 43.3 Å². The van der Waals surface area contributed by atoms with Gasteiger partial charge in [-0.1, -0.05) is 12.1 Å². The maximum absolute atomic E-state index is 10.3. The van der Waals surface area contributed by atoms with Gasteiger partial charge >= 0.3 is 0 Å². The van der Waals surface area contributed by atoms with Crippen LogP contribution in [0.1, 0.15) is 5.56 Å². The SMILES string of the molecule is [B]C(=O)OCc1ccc(N(C)C)cc1. The molecule has 0 fully saturated rings. The molecule has 0 amide bonds. The minimum absolute atomic E-state index is 0.225. The first kappa shape index (κ1) is 10.6. The molecule has 1 aromatic carbocycles. The van der Waals surface area contributed by atoms with Gasteiger partial charge in [-0.25, -0.2) is 0 Å². The Kier molecular flexibility index (Phi) is 3.57. The van der Waals surface area contributed by atoms with Crippen molar-refractivity contribution in [3.05, 3.63) is 29.8 Å². The maximum Gasteiger partial charge on any atom is 0.236 e. The molecule has 0 unspecified atom stereocenters. The molecule has 0 saturated carbocycles. The lowest BCUT2D eigenvalue weighted by Gasteiger charge is -2.12. The van der Waals surface area contributed by atoms with Gasteiger partial charge in [0, 0.05) is 19.8 Å². The summed E-state index contributed by atoms with van der Waals surface area (Å²) in [6.45, 7) is 0.225. The van der Waals surface area contributed by atoms with E-state index in [0.29, 0.717) is 0 Å². The van der Waals surface area contributed by atoms with E-state index < -0.39 is 5.87 Å². The summed E-state index contributed by atoms with van der Waals surface area (Å²) >= 11 is 0. The topological polar surface area (TPSA) is 29.5 Å². The molecular weight excluding hydrogens is 177 g/mol. The van der Waals surface area contributed by atoms with Gasteiger partial charge in [0.15, 0.2) is 0 Å². The number of hydrogen-bond donors (Lipinski definition) is 0. The molecule has 0 N–H and O–H groups in total. The van der Waals surface area contributed by atoms with Gasteiger partial charge in [-0.15, -0.1) is 0 Å². The molecule has 0 heterocycles. The second-order valence-corrected chi connectivity index (χ2v) is 3.17. The van der Waals surface area contributed by atoms with E-state index in [2.05, 4.69) is 4.74 Å². The van der Waals surface area contributed by atoms with Crippen LogP contribution in [0.25, 0.3) is 0 Å². The Hall–Kier alpha value is -1.45. The molecule has 0 bridgehead atoms. The highest BCUT2D eigenvalue weighted by Gasteiger charge is 1.97. The van der Waals surface area contributed by atoms with E-state index in [-0.39, 0.29) is 6.61 Å². The van der Waals surface area contributed by atoms with Crippen molar-refractivity contribution in [2.24, 2.45) is 0 Å². The average Bonchev–Trinajstić information content (AvgIpc) is 2.15. The van der Waals surface area contributed by atoms with Gasteiger partial charge in [-0.05, 0) is 17.7 Å². The number of ether oxygens (including phenoxy) is 1. The number of carbonyl (C=O) groups is 1. The maximum atomic E-state index is 10.3. The Balaban J connectivity index is 2.59. The largest absolute Gasteiger partial charge is 0.470 e. The molecular formula is C10H12BNO2. The van der Waals surface area contributed by atoms with E-state index in [0.717, 1.165) is 11.3 Å². The van der Waals surface area contributed by atoms with E-state index in [1.54, 1.807) is 0 Å². The second kappa shape index (κ2) is 4.70. The zero-order chi connectivity index (χ0) is 10.6. The Morgan fingerprint density at radius 1 is 1.36 bits per heavy atom. The molecule has 1 rings (SSSR count). The molecule has 14 heavy (non-hydrogen) atoms. The summed E-state index contributed by atoms with van der Waals surface area (Å²) in [5.74, 6) is -0.748. The fourth-order valence-electron chi connectivity index (χ4n) is 1.04. The zero-order valence-electron chi connectivity index (χ0n) is 8.36. The Morgan fingerprint density at radius 2 is 1.93 bits per heavy atom. The normalized spacial score (nSPS) is 9.57. The van der Waals surface area contributed by atoms with E-state index in [1.165, 1.54) is 0 Å². The summed E-state index contributed by atoms with van der Waals surface area (Å²) in [7, 11) is 8.78. The lowest BCUT2D eigenvalue weighted by molar-refractivity contribution is 0.167. The third-order valence-corrected chi connectivity index (χ3v) is 1.83. The van der Waals surface area contributed by atoms with Crippen LogP contribution in [0, 0.1) is 0 Å². The molecule has 0 aliphatic carbocycles. The fourth-order valence-corrected chi connectivity index (χ4v) is 1.04. The molecule has 0 aliphatic rings. The van der Waals surface area contributed by atoms with Crippen LogP contribution in [0.5, 0.6) is 0 Å². The third-order valence-electron chi connectivity index (χ3n) is 1.83. The van der Waals surface area contributed by atoms with Crippen molar-refractivity contribution >= 4 is 19.4 Å². The molecule has 0 saturated heterocycles. The smallest absolute Gasteiger partial charge is 0.236 e. The van der Waals surface area contributed by atoms with Gasteiger partial charge < -0.3 is 9.64 Å². The summed E-state index contributed by atoms with van der Waals surface area (Å²) in [5.41, 5.74) is 2.03. The fraction of sp³-hybridized carbons (Fsp3) is 0.300. The van der Waals surface area contributed by atoms with Crippen LogP contribution in [0.15, 0.2) is 24.3 Å². The van der Waals surface area contributed by atoms with E-state index in [4.69, 9.17) is 7.85 Å². The van der Waals surface area contributed by atoms with Crippen molar-refractivity contribution in [3.63, 3.8) is 0 Å². The van der Waals surface area contributed by atoms with Gasteiger partial charge in [0.1, 0.15) is 6.61 Å². The third kappa shape index (κ3) is 3.13. The number of rotatable bonds is 3. The van der Waals surface area contributed by atoms with Crippen LogP contribution in [0.2, 0.25) is 0 Å². The molecule has 3 nitrogen and oxygen atoms in total. The van der Waals surface area contributed by atoms with Gasteiger partial charge in [0.2, 0.25) is 13.7 Å². The molecule has 72 valence electrons. The standard InChI is InChI=1S/C10H12BNO2/c1-12(2)9-5-3-8(4-6-9)7-14-10(11)13/h3-6H,7H2,1-2H3. The van der Waals surface area contributed by atoms with Gasteiger partial charge in [0.25, 0.3) is 0 Å². The van der Waals surface area contributed by atoms with Gasteiger partial charge in [0.05, 0.1) is 0 Å². The van der Waals surface area contributed by atoms with E-state index in [9.17, 15) is 4.79 Å². The summed E-state index contributed by atoms with van der Waals surface area (Å²) in [6.07, 6.45) is 0. The van der Waals surface area contributed by atoms with Crippen molar-refractivity contribution in [1.82, 2.24) is 0 Å². The first-order valence-corrected chi connectivity index (χ1v) is 4.28. The molecule has 0 aromatic heterocycles. The predicted octanol–water partition coefficient (Wildman–Crippen LogP) is 1.56. The van der Waals surface area contributed by atoms with Crippen LogP contribution < -0.4 is 4.90 Å². The van der Waals surface area contributed by atoms with E-state index >= 15 is 0 Å². The lowest BCUT2D eigenvalue weighted by Crippen LogP contribution is -2.08. The number of carbonyl (C=O) groups excluding carboxylic acids is 1. The first-order valence-electron chi connectivity index (χ1n) is 4.28. The Morgan fingerprint density at radius 3 is 2.36 bits per heavy atom. The van der Waals surface area contributed by atoms with Crippen molar-refractivity contribution in [3.8, 4) is 0 Å².